The van der Waals surface area contributed by atoms with E-state index in [1.165, 1.54) is 0 Å². The summed E-state index contributed by atoms with van der Waals surface area (Å²) in [5.74, 6) is 1.34. The fourth-order valence-electron chi connectivity index (χ4n) is 4.14. The van der Waals surface area contributed by atoms with Crippen molar-refractivity contribution in [1.82, 2.24) is 9.80 Å². The smallest absolute Gasteiger partial charge is 0.254 e. The molecule has 27 heavy (non-hydrogen) atoms. The van der Waals surface area contributed by atoms with Crippen molar-refractivity contribution >= 4 is 24.2 Å². The topological polar surface area (TPSA) is 75.9 Å². The number of rotatable bonds is 4. The van der Waals surface area contributed by atoms with E-state index >= 15 is 0 Å². The van der Waals surface area contributed by atoms with E-state index in [4.69, 9.17) is 10.5 Å². The maximum atomic E-state index is 12.8. The van der Waals surface area contributed by atoms with Gasteiger partial charge < -0.3 is 20.3 Å². The molecule has 150 valence electrons. The SMILES string of the molecule is COc1cc(C(=O)N2CCN(C(=O)[C@@H]3CCC[C@@H]3CN)CC2)ccc1C.Cl. The Bertz CT molecular complexity index is 674. The van der Waals surface area contributed by atoms with Crippen LogP contribution in [0.3, 0.4) is 0 Å². The van der Waals surface area contributed by atoms with E-state index in [2.05, 4.69) is 0 Å². The summed E-state index contributed by atoms with van der Waals surface area (Å²) in [7, 11) is 1.61. The predicted molar refractivity (Wildman–Crippen MR) is 107 cm³/mol. The average Bonchev–Trinajstić information content (AvgIpc) is 3.16. The average molecular weight is 396 g/mol. The van der Waals surface area contributed by atoms with Crippen LogP contribution in [0.15, 0.2) is 18.2 Å². The zero-order valence-electron chi connectivity index (χ0n) is 16.1. The van der Waals surface area contributed by atoms with Gasteiger partial charge in [0, 0.05) is 37.7 Å². The van der Waals surface area contributed by atoms with Crippen molar-refractivity contribution in [2.75, 3.05) is 39.8 Å². The molecule has 2 amide bonds. The fraction of sp³-hybridized carbons (Fsp3) is 0.600. The number of carbonyl (C=O) groups excluding carboxylic acids is 2. The molecule has 6 nitrogen and oxygen atoms in total. The number of piperazine rings is 1. The van der Waals surface area contributed by atoms with Crippen molar-refractivity contribution in [3.8, 4) is 5.75 Å². The van der Waals surface area contributed by atoms with Crippen LogP contribution in [-0.4, -0.2) is 61.4 Å². The minimum Gasteiger partial charge on any atom is -0.496 e. The third-order valence-corrected chi connectivity index (χ3v) is 5.81. The first-order chi connectivity index (χ1) is 12.5. The van der Waals surface area contributed by atoms with Gasteiger partial charge in [-0.25, -0.2) is 0 Å². The number of ether oxygens (including phenoxy) is 1. The quantitative estimate of drug-likeness (QED) is 0.846. The van der Waals surface area contributed by atoms with Crippen LogP contribution in [0.5, 0.6) is 5.75 Å². The van der Waals surface area contributed by atoms with Gasteiger partial charge in [-0.3, -0.25) is 9.59 Å². The van der Waals surface area contributed by atoms with Crippen LogP contribution < -0.4 is 10.5 Å². The molecule has 2 aliphatic rings. The molecule has 0 aromatic heterocycles. The second kappa shape index (κ2) is 9.42. The Kier molecular flexibility index (Phi) is 7.50. The van der Waals surface area contributed by atoms with E-state index in [-0.39, 0.29) is 30.1 Å². The number of aryl methyl sites for hydroxylation is 1. The third kappa shape index (κ3) is 4.55. The Morgan fingerprint density at radius 2 is 1.81 bits per heavy atom. The van der Waals surface area contributed by atoms with E-state index in [1.807, 2.05) is 28.9 Å². The highest BCUT2D eigenvalue weighted by atomic mass is 35.5. The van der Waals surface area contributed by atoms with Gasteiger partial charge in [-0.1, -0.05) is 12.5 Å². The summed E-state index contributed by atoms with van der Waals surface area (Å²) < 4.78 is 5.32. The molecule has 0 radical (unpaired) electrons. The lowest BCUT2D eigenvalue weighted by Crippen LogP contribution is -2.52. The number of halogens is 1. The molecular weight excluding hydrogens is 366 g/mol. The molecular formula is C20H30ClN3O3. The van der Waals surface area contributed by atoms with E-state index in [0.717, 1.165) is 30.6 Å². The zero-order valence-corrected chi connectivity index (χ0v) is 17.0. The van der Waals surface area contributed by atoms with Crippen molar-refractivity contribution in [3.05, 3.63) is 29.3 Å². The van der Waals surface area contributed by atoms with Gasteiger partial charge in [-0.2, -0.15) is 0 Å². The largest absolute Gasteiger partial charge is 0.496 e. The summed E-state index contributed by atoms with van der Waals surface area (Å²) in [5, 5.41) is 0. The molecule has 1 aromatic carbocycles. The monoisotopic (exact) mass is 395 g/mol. The molecule has 1 aliphatic heterocycles. The van der Waals surface area contributed by atoms with Crippen LogP contribution >= 0.6 is 12.4 Å². The number of hydrogen-bond acceptors (Lipinski definition) is 4. The minimum absolute atomic E-state index is 0. The summed E-state index contributed by atoms with van der Waals surface area (Å²) in [6, 6.07) is 5.53. The van der Waals surface area contributed by atoms with Gasteiger partial charge in [0.05, 0.1) is 7.11 Å². The minimum atomic E-state index is -0.00361. The van der Waals surface area contributed by atoms with Crippen molar-refractivity contribution in [1.29, 1.82) is 0 Å². The summed E-state index contributed by atoms with van der Waals surface area (Å²) in [6.07, 6.45) is 3.09. The first-order valence-electron chi connectivity index (χ1n) is 9.48. The summed E-state index contributed by atoms with van der Waals surface area (Å²) in [6.45, 7) is 4.88. The van der Waals surface area contributed by atoms with Crippen LogP contribution in [0, 0.1) is 18.8 Å². The summed E-state index contributed by atoms with van der Waals surface area (Å²) >= 11 is 0. The maximum Gasteiger partial charge on any atom is 0.254 e. The molecule has 0 unspecified atom stereocenters. The molecule has 1 saturated heterocycles. The third-order valence-electron chi connectivity index (χ3n) is 5.81. The molecule has 0 bridgehead atoms. The highest BCUT2D eigenvalue weighted by molar-refractivity contribution is 5.95. The summed E-state index contributed by atoms with van der Waals surface area (Å²) in [4.78, 5) is 29.3. The molecule has 2 atom stereocenters. The van der Waals surface area contributed by atoms with Crippen LogP contribution in [0.1, 0.15) is 35.2 Å². The lowest BCUT2D eigenvalue weighted by atomic mass is 9.94. The number of nitrogens with two attached hydrogens (primary N) is 1. The number of benzene rings is 1. The maximum absolute atomic E-state index is 12.8. The molecule has 1 aromatic rings. The number of amides is 2. The number of methoxy groups -OCH3 is 1. The van der Waals surface area contributed by atoms with E-state index in [9.17, 15) is 9.59 Å². The molecule has 7 heteroatoms. The Morgan fingerprint density at radius 3 is 2.44 bits per heavy atom. The Labute approximate surface area is 167 Å². The lowest BCUT2D eigenvalue weighted by molar-refractivity contribution is -0.138. The van der Waals surface area contributed by atoms with Crippen LogP contribution in [0.2, 0.25) is 0 Å². The van der Waals surface area contributed by atoms with Gasteiger partial charge in [-0.15, -0.1) is 12.4 Å². The highest BCUT2D eigenvalue weighted by Gasteiger charge is 2.36. The number of carbonyl (C=O) groups is 2. The van der Waals surface area contributed by atoms with Gasteiger partial charge in [0.15, 0.2) is 0 Å². The Balaban J connectivity index is 0.00000261. The van der Waals surface area contributed by atoms with Crippen LogP contribution in [-0.2, 0) is 4.79 Å². The Morgan fingerprint density at radius 1 is 1.15 bits per heavy atom. The van der Waals surface area contributed by atoms with E-state index < -0.39 is 0 Å². The van der Waals surface area contributed by atoms with Crippen molar-refractivity contribution in [2.24, 2.45) is 17.6 Å². The molecule has 1 aliphatic carbocycles. The fourth-order valence-corrected chi connectivity index (χ4v) is 4.14. The van der Waals surface area contributed by atoms with Crippen molar-refractivity contribution in [3.63, 3.8) is 0 Å². The number of nitrogens with zero attached hydrogens (tertiary/aromatic N) is 2. The standard InChI is InChI=1S/C20H29N3O3.ClH/c1-14-6-7-15(12-18(14)26-2)19(24)22-8-10-23(11-9-22)20(25)17-5-3-4-16(17)13-21;/h6-7,12,16-17H,3-5,8-11,13,21H2,1-2H3;1H/t16-,17-;/m1./s1. The molecule has 2 N–H and O–H groups in total. The lowest BCUT2D eigenvalue weighted by Gasteiger charge is -2.36. The molecule has 1 saturated carbocycles. The first-order valence-corrected chi connectivity index (χ1v) is 9.48. The predicted octanol–water partition coefficient (Wildman–Crippen LogP) is 2.08. The zero-order chi connectivity index (χ0) is 18.7. The molecule has 2 fully saturated rings. The van der Waals surface area contributed by atoms with Gasteiger partial charge in [0.2, 0.25) is 5.91 Å². The van der Waals surface area contributed by atoms with Crippen molar-refractivity contribution < 1.29 is 14.3 Å². The number of hydrogen-bond donors (Lipinski definition) is 1. The van der Waals surface area contributed by atoms with Gasteiger partial charge in [0.25, 0.3) is 5.91 Å². The van der Waals surface area contributed by atoms with Crippen molar-refractivity contribution in [2.45, 2.75) is 26.2 Å². The second-order valence-electron chi connectivity index (χ2n) is 7.34. The molecule has 1 heterocycles. The highest BCUT2D eigenvalue weighted by Crippen LogP contribution is 2.32. The van der Waals surface area contributed by atoms with E-state index in [1.54, 1.807) is 13.2 Å². The van der Waals surface area contributed by atoms with Gasteiger partial charge >= 0.3 is 0 Å². The second-order valence-corrected chi connectivity index (χ2v) is 7.34. The normalized spacial score (nSPS) is 22.3. The van der Waals surface area contributed by atoms with Gasteiger partial charge in [-0.05, 0) is 49.9 Å². The molecule has 0 spiro atoms. The molecule has 3 rings (SSSR count). The Hall–Kier alpha value is -1.79. The van der Waals surface area contributed by atoms with Crippen LogP contribution in [0.4, 0.5) is 0 Å². The van der Waals surface area contributed by atoms with E-state index in [0.29, 0.717) is 44.2 Å². The van der Waals surface area contributed by atoms with Crippen LogP contribution in [0.25, 0.3) is 0 Å². The summed E-state index contributed by atoms with van der Waals surface area (Å²) in [5.41, 5.74) is 7.45. The van der Waals surface area contributed by atoms with Gasteiger partial charge in [0.1, 0.15) is 5.75 Å². The first kappa shape index (κ1) is 21.5.